The Labute approximate surface area is 169 Å². The van der Waals surface area contributed by atoms with E-state index in [0.29, 0.717) is 12.2 Å². The molecule has 0 heterocycles. The van der Waals surface area contributed by atoms with Crippen LogP contribution < -0.4 is 21.7 Å². The molecular formula is C17H32N4O6S. The maximum Gasteiger partial charge on any atom is 0.328 e. The fraction of sp³-hybridized carbons (Fsp3) is 0.765. The fourth-order valence-corrected chi connectivity index (χ4v) is 2.59. The van der Waals surface area contributed by atoms with Crippen molar-refractivity contribution in [3.63, 3.8) is 0 Å². The minimum absolute atomic E-state index is 0.109. The first-order valence-corrected chi connectivity index (χ1v) is 10.4. The quantitative estimate of drug-likeness (QED) is 0.225. The van der Waals surface area contributed by atoms with Crippen molar-refractivity contribution < 1.29 is 29.4 Å². The summed E-state index contributed by atoms with van der Waals surface area (Å²) in [4.78, 5) is 47.9. The molecule has 0 spiro atoms. The Morgan fingerprint density at radius 1 is 0.964 bits per heavy atom. The topological polar surface area (TPSA) is 171 Å². The first kappa shape index (κ1) is 26.1. The molecule has 7 N–H and O–H groups in total. The molecule has 3 amide bonds. The van der Waals surface area contributed by atoms with Gasteiger partial charge in [-0.25, -0.2) is 4.79 Å². The Balaban J connectivity index is 5.01. The van der Waals surface area contributed by atoms with E-state index < -0.39 is 54.0 Å². The number of carbonyl (C=O) groups is 4. The molecule has 10 nitrogen and oxygen atoms in total. The van der Waals surface area contributed by atoms with Gasteiger partial charge < -0.3 is 31.9 Å². The number of aliphatic carboxylic acids is 1. The van der Waals surface area contributed by atoms with E-state index in [2.05, 4.69) is 16.0 Å². The minimum atomic E-state index is -1.50. The molecule has 0 saturated carbocycles. The summed E-state index contributed by atoms with van der Waals surface area (Å²) in [5.41, 5.74) is 5.81. The minimum Gasteiger partial charge on any atom is -0.480 e. The maximum absolute atomic E-state index is 12.5. The molecule has 162 valence electrons. The number of hydrogen-bond donors (Lipinski definition) is 6. The molecule has 5 atom stereocenters. The van der Waals surface area contributed by atoms with Crippen LogP contribution in [-0.4, -0.2) is 76.2 Å². The van der Waals surface area contributed by atoms with E-state index in [9.17, 15) is 24.3 Å². The van der Waals surface area contributed by atoms with Crippen molar-refractivity contribution in [3.05, 3.63) is 0 Å². The highest BCUT2D eigenvalue weighted by Crippen LogP contribution is 2.05. The summed E-state index contributed by atoms with van der Waals surface area (Å²) < 4.78 is 0. The molecule has 0 radical (unpaired) electrons. The van der Waals surface area contributed by atoms with Crippen LogP contribution in [0.1, 0.15) is 34.1 Å². The standard InChI is InChI=1S/C17H32N4O6S/c1-8(2)12(18)16(25)20-11(6-7-28-5)15(24)19-9(3)14(23)21-13(10(4)22)17(26)27/h8-13,22H,6-7,18H2,1-5H3,(H,19,24)(H,20,25)(H,21,23)(H,26,27). The number of thioether (sulfide) groups is 1. The molecular weight excluding hydrogens is 388 g/mol. The van der Waals surface area contributed by atoms with Gasteiger partial charge in [-0.3, -0.25) is 14.4 Å². The highest BCUT2D eigenvalue weighted by Gasteiger charge is 2.30. The third kappa shape index (κ3) is 8.89. The van der Waals surface area contributed by atoms with E-state index in [-0.39, 0.29) is 5.92 Å². The normalized spacial score (nSPS) is 16.4. The van der Waals surface area contributed by atoms with Gasteiger partial charge >= 0.3 is 5.97 Å². The molecule has 0 aromatic carbocycles. The van der Waals surface area contributed by atoms with Crippen LogP contribution in [-0.2, 0) is 19.2 Å². The number of nitrogens with one attached hydrogen (secondary N) is 3. The number of aliphatic hydroxyl groups is 1. The van der Waals surface area contributed by atoms with Crippen LogP contribution in [0.4, 0.5) is 0 Å². The van der Waals surface area contributed by atoms with Gasteiger partial charge in [0.25, 0.3) is 0 Å². The van der Waals surface area contributed by atoms with Gasteiger partial charge in [0.05, 0.1) is 12.1 Å². The molecule has 0 fully saturated rings. The Hall–Kier alpha value is -1.85. The summed E-state index contributed by atoms with van der Waals surface area (Å²) >= 11 is 1.49. The second-order valence-electron chi connectivity index (χ2n) is 6.91. The average Bonchev–Trinajstić information content (AvgIpc) is 2.60. The number of hydrogen-bond acceptors (Lipinski definition) is 7. The lowest BCUT2D eigenvalue weighted by Crippen LogP contribution is -2.57. The van der Waals surface area contributed by atoms with E-state index in [4.69, 9.17) is 10.8 Å². The number of carbonyl (C=O) groups excluding carboxylic acids is 3. The van der Waals surface area contributed by atoms with Gasteiger partial charge in [-0.05, 0) is 38.2 Å². The lowest BCUT2D eigenvalue weighted by Gasteiger charge is -2.24. The van der Waals surface area contributed by atoms with Crippen molar-refractivity contribution >= 4 is 35.5 Å². The SMILES string of the molecule is CSCCC(NC(=O)C(N)C(C)C)C(=O)NC(C)C(=O)NC(C(=O)O)C(C)O. The third-order valence-electron chi connectivity index (χ3n) is 4.06. The number of amides is 3. The summed E-state index contributed by atoms with van der Waals surface area (Å²) in [6.07, 6.45) is 0.883. The second-order valence-corrected chi connectivity index (χ2v) is 7.89. The monoisotopic (exact) mass is 420 g/mol. The van der Waals surface area contributed by atoms with Crippen LogP contribution in [0.15, 0.2) is 0 Å². The molecule has 5 unspecified atom stereocenters. The molecule has 11 heteroatoms. The van der Waals surface area contributed by atoms with Crippen LogP contribution in [0.25, 0.3) is 0 Å². The average molecular weight is 421 g/mol. The van der Waals surface area contributed by atoms with Crippen LogP contribution in [0, 0.1) is 5.92 Å². The second kappa shape index (κ2) is 12.6. The van der Waals surface area contributed by atoms with Crippen molar-refractivity contribution in [1.82, 2.24) is 16.0 Å². The molecule has 0 saturated heterocycles. The Morgan fingerprint density at radius 2 is 1.54 bits per heavy atom. The maximum atomic E-state index is 12.5. The molecule has 0 aliphatic carbocycles. The van der Waals surface area contributed by atoms with E-state index in [1.54, 1.807) is 13.8 Å². The lowest BCUT2D eigenvalue weighted by molar-refractivity contribution is -0.145. The predicted octanol–water partition coefficient (Wildman–Crippen LogP) is -1.34. The zero-order chi connectivity index (χ0) is 22.0. The Kier molecular flexibility index (Phi) is 11.7. The number of carboxylic acid groups (broad SMARTS) is 1. The molecule has 28 heavy (non-hydrogen) atoms. The zero-order valence-electron chi connectivity index (χ0n) is 16.9. The van der Waals surface area contributed by atoms with E-state index in [0.717, 1.165) is 0 Å². The van der Waals surface area contributed by atoms with Crippen LogP contribution >= 0.6 is 11.8 Å². The number of aliphatic hydroxyl groups excluding tert-OH is 1. The van der Waals surface area contributed by atoms with Gasteiger partial charge in [0.15, 0.2) is 6.04 Å². The molecule has 0 bridgehead atoms. The van der Waals surface area contributed by atoms with Crippen molar-refractivity contribution in [2.75, 3.05) is 12.0 Å². The summed E-state index contributed by atoms with van der Waals surface area (Å²) in [5, 5.41) is 25.7. The molecule has 0 aromatic rings. The predicted molar refractivity (Wildman–Crippen MR) is 107 cm³/mol. The zero-order valence-corrected chi connectivity index (χ0v) is 17.7. The molecule has 0 rings (SSSR count). The largest absolute Gasteiger partial charge is 0.480 e. The van der Waals surface area contributed by atoms with Gasteiger partial charge in [0.1, 0.15) is 12.1 Å². The van der Waals surface area contributed by atoms with E-state index in [1.165, 1.54) is 25.6 Å². The van der Waals surface area contributed by atoms with Crippen LogP contribution in [0.2, 0.25) is 0 Å². The summed E-state index contributed by atoms with van der Waals surface area (Å²) in [7, 11) is 0. The summed E-state index contributed by atoms with van der Waals surface area (Å²) in [6, 6.07) is -4.22. The number of rotatable bonds is 12. The molecule has 0 aromatic heterocycles. The first-order valence-electron chi connectivity index (χ1n) is 8.98. The smallest absolute Gasteiger partial charge is 0.328 e. The van der Waals surface area contributed by atoms with E-state index >= 15 is 0 Å². The van der Waals surface area contributed by atoms with Gasteiger partial charge in [-0.15, -0.1) is 0 Å². The third-order valence-corrected chi connectivity index (χ3v) is 4.71. The van der Waals surface area contributed by atoms with Crippen molar-refractivity contribution in [2.45, 2.75) is 64.4 Å². The van der Waals surface area contributed by atoms with Gasteiger partial charge in [-0.1, -0.05) is 13.8 Å². The molecule has 0 aliphatic heterocycles. The Morgan fingerprint density at radius 3 is 1.96 bits per heavy atom. The van der Waals surface area contributed by atoms with Crippen molar-refractivity contribution in [2.24, 2.45) is 11.7 Å². The summed E-state index contributed by atoms with van der Waals surface area (Å²) in [5.74, 6) is -2.72. The summed E-state index contributed by atoms with van der Waals surface area (Å²) in [6.45, 7) is 6.18. The fourth-order valence-electron chi connectivity index (χ4n) is 2.12. The van der Waals surface area contributed by atoms with Gasteiger partial charge in [0.2, 0.25) is 17.7 Å². The molecule has 0 aliphatic rings. The lowest BCUT2D eigenvalue weighted by atomic mass is 10.0. The highest BCUT2D eigenvalue weighted by molar-refractivity contribution is 7.98. The highest BCUT2D eigenvalue weighted by atomic mass is 32.2. The number of carboxylic acids is 1. The Bertz CT molecular complexity index is 558. The van der Waals surface area contributed by atoms with E-state index in [1.807, 2.05) is 6.26 Å². The van der Waals surface area contributed by atoms with Crippen LogP contribution in [0.3, 0.4) is 0 Å². The number of nitrogens with two attached hydrogens (primary N) is 1. The first-order chi connectivity index (χ1) is 12.9. The van der Waals surface area contributed by atoms with Gasteiger partial charge in [0, 0.05) is 0 Å². The van der Waals surface area contributed by atoms with Crippen molar-refractivity contribution in [3.8, 4) is 0 Å². The van der Waals surface area contributed by atoms with Crippen molar-refractivity contribution in [1.29, 1.82) is 0 Å². The van der Waals surface area contributed by atoms with Gasteiger partial charge in [-0.2, -0.15) is 11.8 Å². The van der Waals surface area contributed by atoms with Crippen LogP contribution in [0.5, 0.6) is 0 Å².